The minimum Gasteiger partial charge on any atom is -0.370 e. The van der Waals surface area contributed by atoms with Crippen molar-refractivity contribution in [3.63, 3.8) is 0 Å². The molecule has 0 bridgehead atoms. The van der Waals surface area contributed by atoms with Crippen LogP contribution in [0.25, 0.3) is 0 Å². The SMILES string of the molecule is CC(C)CN(CCN(C)C)c1ccc([C@H](C)N)cc1. The second-order valence-electron chi connectivity index (χ2n) is 6.02. The molecule has 0 aliphatic heterocycles. The van der Waals surface area contributed by atoms with Crippen molar-refractivity contribution in [3.05, 3.63) is 29.8 Å². The van der Waals surface area contributed by atoms with Gasteiger partial charge in [0.05, 0.1) is 0 Å². The number of rotatable bonds is 7. The predicted octanol–water partition coefficient (Wildman–Crippen LogP) is 2.73. The van der Waals surface area contributed by atoms with Gasteiger partial charge in [-0.05, 0) is 44.6 Å². The molecule has 0 spiro atoms. The first kappa shape index (κ1) is 16.0. The van der Waals surface area contributed by atoms with Crippen LogP contribution in [0.1, 0.15) is 32.4 Å². The number of anilines is 1. The molecule has 3 nitrogen and oxygen atoms in total. The summed E-state index contributed by atoms with van der Waals surface area (Å²) in [5, 5.41) is 0. The molecule has 3 heteroatoms. The van der Waals surface area contributed by atoms with E-state index in [9.17, 15) is 0 Å². The number of hydrogen-bond acceptors (Lipinski definition) is 3. The van der Waals surface area contributed by atoms with E-state index in [0.29, 0.717) is 5.92 Å². The maximum absolute atomic E-state index is 5.90. The van der Waals surface area contributed by atoms with E-state index in [-0.39, 0.29) is 6.04 Å². The van der Waals surface area contributed by atoms with Crippen LogP contribution in [-0.4, -0.2) is 38.6 Å². The first-order valence-corrected chi connectivity index (χ1v) is 7.15. The number of nitrogens with two attached hydrogens (primary N) is 1. The van der Waals surface area contributed by atoms with Gasteiger partial charge in [0.1, 0.15) is 0 Å². The van der Waals surface area contributed by atoms with Crippen LogP contribution in [-0.2, 0) is 0 Å². The van der Waals surface area contributed by atoms with E-state index < -0.39 is 0 Å². The predicted molar refractivity (Wildman–Crippen MR) is 84.6 cm³/mol. The molecule has 1 rings (SSSR count). The van der Waals surface area contributed by atoms with E-state index in [2.05, 4.69) is 62.0 Å². The summed E-state index contributed by atoms with van der Waals surface area (Å²) in [6.45, 7) is 9.76. The summed E-state index contributed by atoms with van der Waals surface area (Å²) in [5.74, 6) is 0.662. The summed E-state index contributed by atoms with van der Waals surface area (Å²) in [6, 6.07) is 8.77. The van der Waals surface area contributed by atoms with Crippen molar-refractivity contribution in [2.24, 2.45) is 11.7 Å². The first-order valence-electron chi connectivity index (χ1n) is 7.15. The zero-order chi connectivity index (χ0) is 14.4. The quantitative estimate of drug-likeness (QED) is 0.821. The molecule has 0 aliphatic rings. The van der Waals surface area contributed by atoms with Crippen molar-refractivity contribution in [2.75, 3.05) is 38.6 Å². The molecule has 0 aliphatic carbocycles. The molecule has 1 atom stereocenters. The molecule has 19 heavy (non-hydrogen) atoms. The Labute approximate surface area is 118 Å². The molecular weight excluding hydrogens is 234 g/mol. The van der Waals surface area contributed by atoms with Gasteiger partial charge in [0.2, 0.25) is 0 Å². The van der Waals surface area contributed by atoms with Crippen molar-refractivity contribution in [1.29, 1.82) is 0 Å². The molecule has 0 aromatic heterocycles. The summed E-state index contributed by atoms with van der Waals surface area (Å²) in [7, 11) is 4.24. The van der Waals surface area contributed by atoms with Gasteiger partial charge in [-0.2, -0.15) is 0 Å². The summed E-state index contributed by atoms with van der Waals surface area (Å²) in [6.07, 6.45) is 0. The van der Waals surface area contributed by atoms with Gasteiger partial charge in [-0.3, -0.25) is 0 Å². The molecule has 0 unspecified atom stereocenters. The fraction of sp³-hybridized carbons (Fsp3) is 0.625. The third kappa shape index (κ3) is 5.62. The average molecular weight is 263 g/mol. The van der Waals surface area contributed by atoms with Crippen LogP contribution in [0.5, 0.6) is 0 Å². The van der Waals surface area contributed by atoms with Gasteiger partial charge >= 0.3 is 0 Å². The second-order valence-corrected chi connectivity index (χ2v) is 6.02. The minimum absolute atomic E-state index is 0.106. The lowest BCUT2D eigenvalue weighted by Crippen LogP contribution is -2.34. The Kier molecular flexibility index (Phi) is 6.32. The largest absolute Gasteiger partial charge is 0.370 e. The number of likely N-dealkylation sites (N-methyl/N-ethyl adjacent to an activating group) is 1. The Morgan fingerprint density at radius 2 is 1.58 bits per heavy atom. The number of benzene rings is 1. The smallest absolute Gasteiger partial charge is 0.0366 e. The van der Waals surface area contributed by atoms with Crippen molar-refractivity contribution >= 4 is 5.69 Å². The highest BCUT2D eigenvalue weighted by Gasteiger charge is 2.09. The van der Waals surface area contributed by atoms with Crippen LogP contribution in [0.3, 0.4) is 0 Å². The van der Waals surface area contributed by atoms with Crippen LogP contribution in [0, 0.1) is 5.92 Å². The van der Waals surface area contributed by atoms with Crippen molar-refractivity contribution in [1.82, 2.24) is 4.90 Å². The standard InChI is InChI=1S/C16H29N3/c1-13(2)12-19(11-10-18(4)5)16-8-6-15(7-9-16)14(3)17/h6-9,13-14H,10-12,17H2,1-5H3/t14-/m0/s1. The third-order valence-electron chi connectivity index (χ3n) is 3.19. The Bertz CT molecular complexity index is 355. The Morgan fingerprint density at radius 3 is 2.00 bits per heavy atom. The maximum atomic E-state index is 5.90. The van der Waals surface area contributed by atoms with Crippen LogP contribution < -0.4 is 10.6 Å². The lowest BCUT2D eigenvalue weighted by Gasteiger charge is -2.28. The Hall–Kier alpha value is -1.06. The highest BCUT2D eigenvalue weighted by Crippen LogP contribution is 2.19. The molecule has 0 saturated heterocycles. The normalized spacial score (nSPS) is 13.1. The fourth-order valence-corrected chi connectivity index (χ4v) is 2.08. The van der Waals surface area contributed by atoms with Crippen LogP contribution in [0.15, 0.2) is 24.3 Å². The molecule has 0 saturated carbocycles. The monoisotopic (exact) mass is 263 g/mol. The van der Waals surface area contributed by atoms with E-state index in [4.69, 9.17) is 5.73 Å². The zero-order valence-corrected chi connectivity index (χ0v) is 13.1. The van der Waals surface area contributed by atoms with Gasteiger partial charge in [0.15, 0.2) is 0 Å². The van der Waals surface area contributed by atoms with E-state index in [1.165, 1.54) is 11.3 Å². The second kappa shape index (κ2) is 7.51. The summed E-state index contributed by atoms with van der Waals surface area (Å²) in [4.78, 5) is 4.68. The van der Waals surface area contributed by atoms with Gasteiger partial charge in [-0.1, -0.05) is 26.0 Å². The van der Waals surface area contributed by atoms with Crippen LogP contribution >= 0.6 is 0 Å². The summed E-state index contributed by atoms with van der Waals surface area (Å²) >= 11 is 0. The summed E-state index contributed by atoms with van der Waals surface area (Å²) in [5.41, 5.74) is 8.39. The van der Waals surface area contributed by atoms with Gasteiger partial charge in [0, 0.05) is 31.4 Å². The first-order chi connectivity index (χ1) is 8.90. The van der Waals surface area contributed by atoms with Gasteiger partial charge in [0.25, 0.3) is 0 Å². The molecule has 108 valence electrons. The van der Waals surface area contributed by atoms with E-state index >= 15 is 0 Å². The minimum atomic E-state index is 0.106. The highest BCUT2D eigenvalue weighted by molar-refractivity contribution is 5.48. The van der Waals surface area contributed by atoms with Gasteiger partial charge in [-0.25, -0.2) is 0 Å². The molecule has 0 heterocycles. The molecule has 0 amide bonds. The average Bonchev–Trinajstić information content (AvgIpc) is 2.34. The molecule has 0 radical (unpaired) electrons. The van der Waals surface area contributed by atoms with E-state index in [1.54, 1.807) is 0 Å². The van der Waals surface area contributed by atoms with Crippen molar-refractivity contribution < 1.29 is 0 Å². The fourth-order valence-electron chi connectivity index (χ4n) is 2.08. The maximum Gasteiger partial charge on any atom is 0.0366 e. The molecule has 2 N–H and O–H groups in total. The van der Waals surface area contributed by atoms with E-state index in [0.717, 1.165) is 19.6 Å². The highest BCUT2D eigenvalue weighted by atomic mass is 15.2. The molecule has 1 aromatic rings. The third-order valence-corrected chi connectivity index (χ3v) is 3.19. The zero-order valence-electron chi connectivity index (χ0n) is 13.1. The number of nitrogens with zero attached hydrogens (tertiary/aromatic N) is 2. The molecule has 0 fully saturated rings. The topological polar surface area (TPSA) is 32.5 Å². The van der Waals surface area contributed by atoms with Crippen molar-refractivity contribution in [3.8, 4) is 0 Å². The van der Waals surface area contributed by atoms with Gasteiger partial charge < -0.3 is 15.5 Å². The lowest BCUT2D eigenvalue weighted by atomic mass is 10.1. The van der Waals surface area contributed by atoms with Crippen LogP contribution in [0.4, 0.5) is 5.69 Å². The number of hydrogen-bond donors (Lipinski definition) is 1. The van der Waals surface area contributed by atoms with Gasteiger partial charge in [-0.15, -0.1) is 0 Å². The van der Waals surface area contributed by atoms with Crippen molar-refractivity contribution in [2.45, 2.75) is 26.8 Å². The summed E-state index contributed by atoms with van der Waals surface area (Å²) < 4.78 is 0. The molecular formula is C16H29N3. The molecule has 1 aromatic carbocycles. The lowest BCUT2D eigenvalue weighted by molar-refractivity contribution is 0.409. The Balaban J connectivity index is 2.77. The van der Waals surface area contributed by atoms with Crippen LogP contribution in [0.2, 0.25) is 0 Å². The Morgan fingerprint density at radius 1 is 1.00 bits per heavy atom. The van der Waals surface area contributed by atoms with E-state index in [1.807, 2.05) is 6.92 Å².